The first-order valence-corrected chi connectivity index (χ1v) is 7.66. The third kappa shape index (κ3) is 3.32. The number of rotatable bonds is 7. The zero-order valence-corrected chi connectivity index (χ0v) is 11.5. The molecular formula is C13H20N4S. The molecular weight excluding hydrogens is 244 g/mol. The van der Waals surface area contributed by atoms with E-state index in [1.54, 1.807) is 6.20 Å². The molecule has 0 aliphatic rings. The number of aromatic nitrogens is 2. The van der Waals surface area contributed by atoms with Crippen LogP contribution in [0.3, 0.4) is 0 Å². The number of hydrogen-bond acceptors (Lipinski definition) is 4. The highest BCUT2D eigenvalue weighted by Crippen LogP contribution is 2.24. The Labute approximate surface area is 112 Å². The van der Waals surface area contributed by atoms with Gasteiger partial charge in [0.05, 0.1) is 23.1 Å². The van der Waals surface area contributed by atoms with E-state index in [1.807, 2.05) is 23.9 Å². The molecule has 2 aromatic rings. The Bertz CT molecular complexity index is 495. The standard InChI is InChI=1S/C13H20N4S/c1-18-6-4-2-3-5-15-13-8-12-10(7-11(13)14)9-16-17-12/h7-9,15H,2-6,14H2,1H3,(H,16,17). The first-order chi connectivity index (χ1) is 8.81. The highest BCUT2D eigenvalue weighted by molar-refractivity contribution is 7.98. The van der Waals surface area contributed by atoms with Gasteiger partial charge in [-0.25, -0.2) is 0 Å². The van der Waals surface area contributed by atoms with Crippen molar-refractivity contribution in [2.45, 2.75) is 19.3 Å². The Hall–Kier alpha value is -1.36. The van der Waals surface area contributed by atoms with Gasteiger partial charge in [-0.1, -0.05) is 6.42 Å². The number of fused-ring (bicyclic) bond motifs is 1. The fraction of sp³-hybridized carbons (Fsp3) is 0.462. The van der Waals surface area contributed by atoms with E-state index < -0.39 is 0 Å². The molecule has 0 aliphatic heterocycles. The van der Waals surface area contributed by atoms with Crippen molar-refractivity contribution in [3.8, 4) is 0 Å². The smallest absolute Gasteiger partial charge is 0.0672 e. The molecule has 4 N–H and O–H groups in total. The second-order valence-electron chi connectivity index (χ2n) is 4.38. The molecule has 0 radical (unpaired) electrons. The topological polar surface area (TPSA) is 66.7 Å². The summed E-state index contributed by atoms with van der Waals surface area (Å²) in [5, 5.41) is 11.4. The van der Waals surface area contributed by atoms with Gasteiger partial charge in [-0.05, 0) is 37.0 Å². The Morgan fingerprint density at radius 3 is 3.06 bits per heavy atom. The lowest BCUT2D eigenvalue weighted by atomic mass is 10.2. The number of nitrogens with two attached hydrogens (primary N) is 1. The van der Waals surface area contributed by atoms with Gasteiger partial charge in [0.2, 0.25) is 0 Å². The van der Waals surface area contributed by atoms with Gasteiger partial charge in [0.1, 0.15) is 0 Å². The van der Waals surface area contributed by atoms with E-state index in [-0.39, 0.29) is 0 Å². The van der Waals surface area contributed by atoms with Crippen LogP contribution in [-0.4, -0.2) is 28.8 Å². The van der Waals surface area contributed by atoms with Gasteiger partial charge in [0.25, 0.3) is 0 Å². The highest BCUT2D eigenvalue weighted by Gasteiger charge is 2.02. The van der Waals surface area contributed by atoms with Crippen LogP contribution < -0.4 is 11.1 Å². The number of anilines is 2. The normalized spacial score (nSPS) is 10.9. The third-order valence-corrected chi connectivity index (χ3v) is 3.65. The van der Waals surface area contributed by atoms with Crippen LogP contribution >= 0.6 is 11.8 Å². The van der Waals surface area contributed by atoms with Gasteiger partial charge < -0.3 is 11.1 Å². The van der Waals surface area contributed by atoms with Crippen LogP contribution in [0.4, 0.5) is 11.4 Å². The largest absolute Gasteiger partial charge is 0.397 e. The molecule has 5 heteroatoms. The van der Waals surface area contributed by atoms with Crippen molar-refractivity contribution in [1.82, 2.24) is 10.2 Å². The van der Waals surface area contributed by atoms with E-state index in [9.17, 15) is 0 Å². The van der Waals surface area contributed by atoms with Crippen molar-refractivity contribution in [2.75, 3.05) is 29.6 Å². The second kappa shape index (κ2) is 6.54. The number of hydrogen-bond donors (Lipinski definition) is 3. The molecule has 0 unspecified atom stereocenters. The number of H-pyrrole nitrogens is 1. The van der Waals surface area contributed by atoms with Crippen molar-refractivity contribution < 1.29 is 0 Å². The van der Waals surface area contributed by atoms with Crippen LogP contribution in [0.1, 0.15) is 19.3 Å². The van der Waals surface area contributed by atoms with Gasteiger partial charge in [0, 0.05) is 11.9 Å². The van der Waals surface area contributed by atoms with Crippen molar-refractivity contribution in [1.29, 1.82) is 0 Å². The minimum absolute atomic E-state index is 0.785. The minimum atomic E-state index is 0.785. The van der Waals surface area contributed by atoms with Gasteiger partial charge in [-0.2, -0.15) is 16.9 Å². The lowest BCUT2D eigenvalue weighted by molar-refractivity contribution is 0.750. The summed E-state index contributed by atoms with van der Waals surface area (Å²) in [4.78, 5) is 0. The van der Waals surface area contributed by atoms with Gasteiger partial charge >= 0.3 is 0 Å². The lowest BCUT2D eigenvalue weighted by Gasteiger charge is -2.09. The molecule has 0 aliphatic carbocycles. The summed E-state index contributed by atoms with van der Waals surface area (Å²) in [6.45, 7) is 0.970. The summed E-state index contributed by atoms with van der Waals surface area (Å²) < 4.78 is 0. The zero-order chi connectivity index (χ0) is 12.8. The number of unbranched alkanes of at least 4 members (excludes halogenated alkanes) is 2. The molecule has 1 aromatic carbocycles. The molecule has 0 amide bonds. The maximum Gasteiger partial charge on any atom is 0.0672 e. The summed E-state index contributed by atoms with van der Waals surface area (Å²) in [6, 6.07) is 3.98. The molecule has 0 bridgehead atoms. The molecule has 0 saturated carbocycles. The molecule has 4 nitrogen and oxygen atoms in total. The maximum atomic E-state index is 6.00. The third-order valence-electron chi connectivity index (χ3n) is 2.95. The van der Waals surface area contributed by atoms with Crippen LogP contribution in [0.5, 0.6) is 0 Å². The molecule has 0 saturated heterocycles. The van der Waals surface area contributed by atoms with Crippen LogP contribution in [0.25, 0.3) is 10.9 Å². The van der Waals surface area contributed by atoms with Crippen molar-refractivity contribution in [3.63, 3.8) is 0 Å². The summed E-state index contributed by atoms with van der Waals surface area (Å²) in [6.07, 6.45) is 7.68. The average Bonchev–Trinajstić information content (AvgIpc) is 2.80. The maximum absolute atomic E-state index is 6.00. The fourth-order valence-corrected chi connectivity index (χ4v) is 2.43. The molecule has 2 rings (SSSR count). The number of benzene rings is 1. The van der Waals surface area contributed by atoms with E-state index >= 15 is 0 Å². The van der Waals surface area contributed by atoms with Gasteiger partial charge in [-0.3, -0.25) is 5.10 Å². The van der Waals surface area contributed by atoms with E-state index in [1.165, 1.54) is 25.0 Å². The monoisotopic (exact) mass is 264 g/mol. The minimum Gasteiger partial charge on any atom is -0.397 e. The number of aromatic amines is 1. The molecule has 0 fully saturated rings. The Kier molecular flexibility index (Phi) is 4.75. The molecule has 98 valence electrons. The van der Waals surface area contributed by atoms with Crippen LogP contribution in [0.2, 0.25) is 0 Å². The van der Waals surface area contributed by atoms with Crippen LogP contribution in [0.15, 0.2) is 18.3 Å². The Morgan fingerprint density at radius 1 is 1.33 bits per heavy atom. The quantitative estimate of drug-likeness (QED) is 0.531. The molecule has 0 spiro atoms. The number of nitrogen functional groups attached to an aromatic ring is 1. The number of nitrogens with zero attached hydrogens (tertiary/aromatic N) is 1. The SMILES string of the molecule is CSCCCCCNc1cc2[nH]ncc2cc1N. The summed E-state index contributed by atoms with van der Waals surface area (Å²) in [5.41, 5.74) is 8.81. The lowest BCUT2D eigenvalue weighted by Crippen LogP contribution is -2.04. The number of thioether (sulfide) groups is 1. The van der Waals surface area contributed by atoms with Crippen molar-refractivity contribution in [3.05, 3.63) is 18.3 Å². The Morgan fingerprint density at radius 2 is 2.22 bits per heavy atom. The van der Waals surface area contributed by atoms with Gasteiger partial charge in [-0.15, -0.1) is 0 Å². The van der Waals surface area contributed by atoms with Gasteiger partial charge in [0.15, 0.2) is 0 Å². The van der Waals surface area contributed by atoms with E-state index in [0.29, 0.717) is 0 Å². The first kappa shape index (κ1) is 13.1. The van der Waals surface area contributed by atoms with E-state index in [0.717, 1.165) is 28.8 Å². The van der Waals surface area contributed by atoms with E-state index in [2.05, 4.69) is 21.8 Å². The predicted octanol–water partition coefficient (Wildman–Crippen LogP) is 3.09. The van der Waals surface area contributed by atoms with Crippen LogP contribution in [0, 0.1) is 0 Å². The summed E-state index contributed by atoms with van der Waals surface area (Å²) in [5.74, 6) is 1.25. The molecule has 1 aromatic heterocycles. The average molecular weight is 264 g/mol. The van der Waals surface area contributed by atoms with Crippen LogP contribution in [-0.2, 0) is 0 Å². The Balaban J connectivity index is 1.85. The molecule has 18 heavy (non-hydrogen) atoms. The molecule has 0 atom stereocenters. The first-order valence-electron chi connectivity index (χ1n) is 6.26. The summed E-state index contributed by atoms with van der Waals surface area (Å²) in [7, 11) is 0. The fourth-order valence-electron chi connectivity index (χ4n) is 1.93. The van der Waals surface area contributed by atoms with E-state index in [4.69, 9.17) is 5.73 Å². The van der Waals surface area contributed by atoms with Crippen molar-refractivity contribution >= 4 is 34.0 Å². The zero-order valence-electron chi connectivity index (χ0n) is 10.7. The summed E-state index contributed by atoms with van der Waals surface area (Å²) >= 11 is 1.91. The van der Waals surface area contributed by atoms with Crippen molar-refractivity contribution in [2.24, 2.45) is 0 Å². The highest BCUT2D eigenvalue weighted by atomic mass is 32.2. The number of nitrogens with one attached hydrogen (secondary N) is 2. The predicted molar refractivity (Wildman–Crippen MR) is 81.2 cm³/mol. The second-order valence-corrected chi connectivity index (χ2v) is 5.36. The molecule has 1 heterocycles.